The Morgan fingerprint density at radius 2 is 1.56 bits per heavy atom. The fraction of sp³-hybridized carbons (Fsp3) is 0.406. The van der Waals surface area contributed by atoms with E-state index in [0.29, 0.717) is 0 Å². The monoisotopic (exact) mass is 449 g/mol. The van der Waals surface area contributed by atoms with Crippen LogP contribution < -0.4 is 20.1 Å². The van der Waals surface area contributed by atoms with Crippen LogP contribution in [0.1, 0.15) is 73.9 Å². The average molecular weight is 450 g/mol. The standard InChI is InChI=1S/C32H37N2/c1-31(2)12-14-33(5)28-17-22-16-23-18-29-27(32(3,4)13-15-34(29)6)20-25(23)30(24(22)19-26(28)31)21-10-8-7-9-11-21/h7-11,17-20H,12-16H2,1-6H3/q+1. The molecule has 0 bridgehead atoms. The molecule has 0 aromatic heterocycles. The number of benzene rings is 3. The molecule has 34 heavy (non-hydrogen) atoms. The number of fused-ring (bicyclic) bond motifs is 4. The zero-order valence-electron chi connectivity index (χ0n) is 21.6. The highest BCUT2D eigenvalue weighted by Crippen LogP contribution is 2.43. The Hall–Kier alpha value is -2.87. The summed E-state index contributed by atoms with van der Waals surface area (Å²) in [5.41, 5.74) is 11.9. The van der Waals surface area contributed by atoms with Crippen molar-refractivity contribution < 1.29 is 0 Å². The van der Waals surface area contributed by atoms with Crippen molar-refractivity contribution in [1.29, 1.82) is 0 Å². The second kappa shape index (κ2) is 7.31. The largest absolute Gasteiger partial charge is 0.374 e. The van der Waals surface area contributed by atoms with Crippen LogP contribution in [0.25, 0.3) is 5.57 Å². The van der Waals surface area contributed by atoms with Gasteiger partial charge in [-0.1, -0.05) is 58.0 Å². The van der Waals surface area contributed by atoms with E-state index in [1.165, 1.54) is 68.1 Å². The van der Waals surface area contributed by atoms with E-state index in [-0.39, 0.29) is 10.8 Å². The zero-order chi connectivity index (χ0) is 23.8. The molecule has 0 radical (unpaired) electrons. The molecule has 0 spiro atoms. The summed E-state index contributed by atoms with van der Waals surface area (Å²) < 4.78 is 2.46. The van der Waals surface area contributed by atoms with Crippen molar-refractivity contribution in [2.45, 2.75) is 57.8 Å². The summed E-state index contributed by atoms with van der Waals surface area (Å²) in [6.45, 7) is 11.9. The molecular weight excluding hydrogens is 412 g/mol. The molecule has 0 fully saturated rings. The first-order chi connectivity index (χ1) is 16.2. The lowest BCUT2D eigenvalue weighted by molar-refractivity contribution is 0.410. The zero-order valence-corrected chi connectivity index (χ0v) is 21.6. The fourth-order valence-corrected chi connectivity index (χ4v) is 6.41. The van der Waals surface area contributed by atoms with Crippen LogP contribution in [0.15, 0.2) is 54.6 Å². The number of anilines is 1. The van der Waals surface area contributed by atoms with Crippen molar-refractivity contribution in [3.63, 3.8) is 0 Å². The summed E-state index contributed by atoms with van der Waals surface area (Å²) in [7, 11) is 4.51. The Kier molecular flexibility index (Phi) is 4.66. The van der Waals surface area contributed by atoms with Crippen LogP contribution in [0, 0.1) is 0 Å². The van der Waals surface area contributed by atoms with E-state index >= 15 is 0 Å². The molecule has 0 atom stereocenters. The van der Waals surface area contributed by atoms with E-state index < -0.39 is 0 Å². The Balaban J connectivity index is 1.74. The van der Waals surface area contributed by atoms with Gasteiger partial charge in [0, 0.05) is 42.7 Å². The highest BCUT2D eigenvalue weighted by atomic mass is 15.1. The summed E-state index contributed by atoms with van der Waals surface area (Å²) in [6.07, 6.45) is 3.39. The lowest BCUT2D eigenvalue weighted by atomic mass is 9.73. The maximum absolute atomic E-state index is 2.54. The van der Waals surface area contributed by atoms with Gasteiger partial charge in [-0.25, -0.2) is 4.58 Å². The Morgan fingerprint density at radius 3 is 2.32 bits per heavy atom. The van der Waals surface area contributed by atoms with Crippen LogP contribution in [-0.4, -0.2) is 27.2 Å². The van der Waals surface area contributed by atoms with Crippen molar-refractivity contribution >= 4 is 11.3 Å². The third-order valence-corrected chi connectivity index (χ3v) is 8.85. The summed E-state index contributed by atoms with van der Waals surface area (Å²) in [4.78, 5) is 2.46. The van der Waals surface area contributed by atoms with Gasteiger partial charge in [-0.05, 0) is 75.1 Å². The molecule has 3 aliphatic rings. The fourth-order valence-electron chi connectivity index (χ4n) is 6.41. The van der Waals surface area contributed by atoms with E-state index in [1.54, 1.807) is 0 Å². The first kappa shape index (κ1) is 21.6. The van der Waals surface area contributed by atoms with E-state index in [1.807, 2.05) is 0 Å². The Morgan fingerprint density at radius 1 is 0.824 bits per heavy atom. The maximum atomic E-state index is 2.54. The number of nitrogens with zero attached hydrogens (tertiary/aromatic N) is 2. The Labute approximate surface area is 204 Å². The lowest BCUT2D eigenvalue weighted by Crippen LogP contribution is -2.45. The smallest absolute Gasteiger partial charge is 0.203 e. The second-order valence-corrected chi connectivity index (χ2v) is 12.1. The topological polar surface area (TPSA) is 6.25 Å². The van der Waals surface area contributed by atoms with Crippen molar-refractivity contribution in [3.8, 4) is 0 Å². The van der Waals surface area contributed by atoms with Gasteiger partial charge < -0.3 is 4.90 Å². The van der Waals surface area contributed by atoms with Crippen LogP contribution in [0.5, 0.6) is 0 Å². The third kappa shape index (κ3) is 3.18. The molecule has 2 heteroatoms. The third-order valence-electron chi connectivity index (χ3n) is 8.85. The molecule has 3 aromatic carbocycles. The molecular formula is C32H37N2+. The first-order valence-corrected chi connectivity index (χ1v) is 12.9. The number of hydrogen-bond donors (Lipinski definition) is 0. The van der Waals surface area contributed by atoms with Crippen molar-refractivity contribution in [2.75, 3.05) is 32.1 Å². The predicted octanol–water partition coefficient (Wildman–Crippen LogP) is 4.76. The lowest BCUT2D eigenvalue weighted by Gasteiger charge is -2.40. The molecule has 2 nitrogen and oxygen atoms in total. The minimum atomic E-state index is 0.194. The van der Waals surface area contributed by atoms with Gasteiger partial charge in [0.25, 0.3) is 0 Å². The van der Waals surface area contributed by atoms with Crippen LogP contribution in [0.2, 0.25) is 0 Å². The first-order valence-electron chi connectivity index (χ1n) is 12.9. The summed E-state index contributed by atoms with van der Waals surface area (Å²) >= 11 is 0. The Bertz CT molecular complexity index is 1440. The molecule has 0 saturated heterocycles. The molecule has 6 rings (SSSR count). The van der Waals surface area contributed by atoms with Gasteiger partial charge >= 0.3 is 0 Å². The molecule has 1 aliphatic carbocycles. The summed E-state index contributed by atoms with van der Waals surface area (Å²) in [5.74, 6) is 0. The molecule has 0 saturated carbocycles. The molecule has 2 aliphatic heterocycles. The van der Waals surface area contributed by atoms with Crippen LogP contribution >= 0.6 is 0 Å². The van der Waals surface area contributed by atoms with Crippen molar-refractivity contribution in [2.24, 2.45) is 0 Å². The molecule has 0 unspecified atom stereocenters. The van der Waals surface area contributed by atoms with Gasteiger partial charge in [-0.3, -0.25) is 0 Å². The average Bonchev–Trinajstić information content (AvgIpc) is 2.82. The van der Waals surface area contributed by atoms with Crippen molar-refractivity contribution in [3.05, 3.63) is 98.6 Å². The SMILES string of the molecule is CN1CCC(C)(C)c2cc3c(cc21)Cc1cc2c(cc1=C3c1ccccc1)C(C)(C)CC[N+]=2C. The van der Waals surface area contributed by atoms with E-state index in [0.717, 1.165) is 19.5 Å². The summed E-state index contributed by atoms with van der Waals surface area (Å²) in [6, 6.07) is 21.2. The predicted molar refractivity (Wildman–Crippen MR) is 144 cm³/mol. The van der Waals surface area contributed by atoms with Gasteiger partial charge in [-0.2, -0.15) is 0 Å². The molecule has 2 heterocycles. The molecule has 174 valence electrons. The van der Waals surface area contributed by atoms with Gasteiger partial charge in [0.05, 0.1) is 0 Å². The molecule has 0 amide bonds. The van der Waals surface area contributed by atoms with Crippen LogP contribution in [-0.2, 0) is 17.3 Å². The maximum Gasteiger partial charge on any atom is 0.203 e. The number of rotatable bonds is 1. The normalized spacial score (nSPS) is 19.8. The molecule has 0 N–H and O–H groups in total. The van der Waals surface area contributed by atoms with Crippen LogP contribution in [0.3, 0.4) is 0 Å². The second-order valence-electron chi connectivity index (χ2n) is 12.1. The van der Waals surface area contributed by atoms with Gasteiger partial charge in [0.2, 0.25) is 5.36 Å². The minimum absolute atomic E-state index is 0.194. The highest BCUT2D eigenvalue weighted by molar-refractivity contribution is 5.85. The summed E-state index contributed by atoms with van der Waals surface area (Å²) in [5, 5.41) is 2.85. The number of hydrogen-bond acceptors (Lipinski definition) is 1. The van der Waals surface area contributed by atoms with E-state index in [9.17, 15) is 0 Å². The van der Waals surface area contributed by atoms with E-state index in [2.05, 4.69) is 106 Å². The van der Waals surface area contributed by atoms with Crippen LogP contribution in [0.4, 0.5) is 5.69 Å². The van der Waals surface area contributed by atoms with E-state index in [4.69, 9.17) is 0 Å². The quantitative estimate of drug-likeness (QED) is 0.380. The van der Waals surface area contributed by atoms with Crippen molar-refractivity contribution in [1.82, 2.24) is 4.58 Å². The van der Waals surface area contributed by atoms with Gasteiger partial charge in [-0.15, -0.1) is 0 Å². The van der Waals surface area contributed by atoms with Gasteiger partial charge in [0.1, 0.15) is 13.6 Å². The minimum Gasteiger partial charge on any atom is -0.374 e. The highest BCUT2D eigenvalue weighted by Gasteiger charge is 2.34. The van der Waals surface area contributed by atoms with Gasteiger partial charge in [0.15, 0.2) is 0 Å². The molecule has 3 aromatic rings.